The summed E-state index contributed by atoms with van der Waals surface area (Å²) in [7, 11) is 2.27. The number of aromatic nitrogens is 1. The second-order valence-electron chi connectivity index (χ2n) is 7.80. The molecule has 33 heavy (non-hydrogen) atoms. The zero-order chi connectivity index (χ0) is 23.5. The molecule has 0 bridgehead atoms. The summed E-state index contributed by atoms with van der Waals surface area (Å²) in [5.41, 5.74) is 2.23. The molecular formula is C23H30ClN3O4S2. The Hall–Kier alpha value is -2.20. The molecular weight excluding hydrogens is 482 g/mol. The molecule has 180 valence electrons. The van der Waals surface area contributed by atoms with Gasteiger partial charge in [-0.25, -0.2) is 13.4 Å². The zero-order valence-corrected chi connectivity index (χ0v) is 21.9. The van der Waals surface area contributed by atoms with E-state index in [-0.39, 0.29) is 29.0 Å². The van der Waals surface area contributed by atoms with Crippen molar-refractivity contribution in [1.82, 2.24) is 9.88 Å². The Kier molecular flexibility index (Phi) is 9.25. The highest BCUT2D eigenvalue weighted by atomic mass is 35.5. The predicted molar refractivity (Wildman–Crippen MR) is 137 cm³/mol. The maximum absolute atomic E-state index is 13.5. The fraction of sp³-hybridized carbons (Fsp3) is 0.391. The van der Waals surface area contributed by atoms with Crippen molar-refractivity contribution in [3.8, 4) is 5.75 Å². The molecule has 0 saturated heterocycles. The van der Waals surface area contributed by atoms with E-state index < -0.39 is 9.84 Å². The summed E-state index contributed by atoms with van der Waals surface area (Å²) < 4.78 is 30.7. The van der Waals surface area contributed by atoms with Crippen LogP contribution >= 0.6 is 23.7 Å². The molecule has 0 aliphatic carbocycles. The molecule has 3 rings (SSSR count). The molecule has 0 aliphatic rings. The minimum atomic E-state index is -3.32. The van der Waals surface area contributed by atoms with Gasteiger partial charge in [0, 0.05) is 12.1 Å². The highest BCUT2D eigenvalue weighted by Gasteiger charge is 2.23. The molecule has 1 heterocycles. The van der Waals surface area contributed by atoms with Crippen LogP contribution in [0.25, 0.3) is 10.2 Å². The maximum atomic E-state index is 13.5. The van der Waals surface area contributed by atoms with Crippen molar-refractivity contribution < 1.29 is 17.9 Å². The molecule has 3 aromatic rings. The van der Waals surface area contributed by atoms with Crippen molar-refractivity contribution in [2.45, 2.75) is 25.2 Å². The summed E-state index contributed by atoms with van der Waals surface area (Å²) in [6.07, 6.45) is 0.771. The molecule has 0 atom stereocenters. The summed E-state index contributed by atoms with van der Waals surface area (Å²) in [6, 6.07) is 10.00. The first-order valence-electron chi connectivity index (χ1n) is 10.4. The molecule has 2 aromatic carbocycles. The number of hydrogen-bond acceptors (Lipinski definition) is 7. The first kappa shape index (κ1) is 27.0. The van der Waals surface area contributed by atoms with Gasteiger partial charge < -0.3 is 9.64 Å². The molecule has 0 radical (unpaired) electrons. The number of carbonyl (C=O) groups excluding carboxylic acids is 1. The Labute approximate surface area is 205 Å². The third-order valence-electron chi connectivity index (χ3n) is 5.22. The van der Waals surface area contributed by atoms with Gasteiger partial charge in [-0.15, -0.1) is 12.4 Å². The number of anilines is 1. The number of amides is 1. The van der Waals surface area contributed by atoms with Gasteiger partial charge in [0.2, 0.25) is 0 Å². The molecule has 0 aliphatic heterocycles. The SMILES string of the molecule is CCS(=O)(=O)c1ccc(C(=O)N(CCCN(C)C)c2nc3c(OC)ccc(C)c3s2)cc1.Cl. The molecule has 1 amide bonds. The normalized spacial score (nSPS) is 11.5. The number of benzene rings is 2. The van der Waals surface area contributed by atoms with E-state index in [1.165, 1.54) is 23.5 Å². The number of hydrogen-bond donors (Lipinski definition) is 0. The monoisotopic (exact) mass is 511 g/mol. The lowest BCUT2D eigenvalue weighted by Gasteiger charge is -2.21. The smallest absolute Gasteiger partial charge is 0.260 e. The fourth-order valence-corrected chi connectivity index (χ4v) is 5.29. The van der Waals surface area contributed by atoms with Crippen LogP contribution in [-0.2, 0) is 9.84 Å². The lowest BCUT2D eigenvalue weighted by Crippen LogP contribution is -2.33. The van der Waals surface area contributed by atoms with E-state index in [0.717, 1.165) is 28.7 Å². The molecule has 7 nitrogen and oxygen atoms in total. The predicted octanol–water partition coefficient (Wildman–Crippen LogP) is 4.43. The van der Waals surface area contributed by atoms with E-state index in [1.807, 2.05) is 33.2 Å². The largest absolute Gasteiger partial charge is 0.494 e. The van der Waals surface area contributed by atoms with Crippen LogP contribution in [0.2, 0.25) is 0 Å². The van der Waals surface area contributed by atoms with Crippen molar-refractivity contribution in [2.75, 3.05) is 44.9 Å². The molecule has 0 unspecified atom stereocenters. The van der Waals surface area contributed by atoms with Crippen molar-refractivity contribution in [2.24, 2.45) is 0 Å². The minimum absolute atomic E-state index is 0. The Morgan fingerprint density at radius 1 is 1.09 bits per heavy atom. The first-order chi connectivity index (χ1) is 15.2. The number of fused-ring (bicyclic) bond motifs is 1. The minimum Gasteiger partial charge on any atom is -0.494 e. The van der Waals surface area contributed by atoms with Gasteiger partial charge >= 0.3 is 0 Å². The van der Waals surface area contributed by atoms with Crippen molar-refractivity contribution in [3.05, 3.63) is 47.5 Å². The summed E-state index contributed by atoms with van der Waals surface area (Å²) in [5.74, 6) is 0.479. The van der Waals surface area contributed by atoms with Crippen LogP contribution in [0.3, 0.4) is 0 Å². The summed E-state index contributed by atoms with van der Waals surface area (Å²) in [5, 5.41) is 0.599. The Morgan fingerprint density at radius 3 is 2.33 bits per heavy atom. The van der Waals surface area contributed by atoms with Crippen LogP contribution in [0.1, 0.15) is 29.3 Å². The summed E-state index contributed by atoms with van der Waals surface area (Å²) >= 11 is 1.46. The van der Waals surface area contributed by atoms with Gasteiger partial charge in [0.15, 0.2) is 15.0 Å². The van der Waals surface area contributed by atoms with Crippen molar-refractivity contribution in [1.29, 1.82) is 0 Å². The van der Waals surface area contributed by atoms with E-state index >= 15 is 0 Å². The van der Waals surface area contributed by atoms with Crippen molar-refractivity contribution >= 4 is 54.8 Å². The van der Waals surface area contributed by atoms with Crippen LogP contribution < -0.4 is 9.64 Å². The number of rotatable bonds is 9. The second-order valence-corrected chi connectivity index (χ2v) is 11.1. The highest BCUT2D eigenvalue weighted by molar-refractivity contribution is 7.91. The van der Waals surface area contributed by atoms with Gasteiger partial charge in [-0.05, 0) is 69.9 Å². The second kappa shape index (κ2) is 11.3. The van der Waals surface area contributed by atoms with E-state index in [2.05, 4.69) is 4.90 Å². The fourth-order valence-electron chi connectivity index (χ4n) is 3.34. The van der Waals surface area contributed by atoms with Gasteiger partial charge in [0.05, 0.1) is 22.5 Å². The van der Waals surface area contributed by atoms with Gasteiger partial charge in [-0.2, -0.15) is 0 Å². The van der Waals surface area contributed by atoms with Gasteiger partial charge in [0.1, 0.15) is 11.3 Å². The molecule has 0 saturated carbocycles. The number of halogens is 1. The standard InChI is InChI=1S/C23H29N3O4S2.ClH/c1-6-32(28,29)18-11-9-17(10-12-18)22(27)26(15-7-14-25(3)4)23-24-20-19(30-5)13-8-16(2)21(20)31-23;/h8-13H,6-7,14-15H2,1-5H3;1H. The van der Waals surface area contributed by atoms with Crippen LogP contribution in [-0.4, -0.2) is 64.3 Å². The zero-order valence-electron chi connectivity index (χ0n) is 19.5. The summed E-state index contributed by atoms with van der Waals surface area (Å²) in [6.45, 7) is 4.93. The number of nitrogens with zero attached hydrogens (tertiary/aromatic N) is 3. The number of methoxy groups -OCH3 is 1. The van der Waals surface area contributed by atoms with Gasteiger partial charge in [0.25, 0.3) is 5.91 Å². The molecule has 0 spiro atoms. The molecule has 0 fully saturated rings. The third kappa shape index (κ3) is 6.03. The number of sulfone groups is 1. The average molecular weight is 512 g/mol. The Morgan fingerprint density at radius 2 is 1.76 bits per heavy atom. The van der Waals surface area contributed by atoms with E-state index in [1.54, 1.807) is 31.1 Å². The van der Waals surface area contributed by atoms with Crippen LogP contribution in [0, 0.1) is 6.92 Å². The Balaban J connectivity index is 0.00000385. The van der Waals surface area contributed by atoms with Crippen LogP contribution in [0.15, 0.2) is 41.3 Å². The maximum Gasteiger partial charge on any atom is 0.260 e. The van der Waals surface area contributed by atoms with Crippen molar-refractivity contribution in [3.63, 3.8) is 0 Å². The molecule has 0 N–H and O–H groups in total. The molecule has 10 heteroatoms. The quantitative estimate of drug-likeness (QED) is 0.423. The van der Waals surface area contributed by atoms with E-state index in [4.69, 9.17) is 9.72 Å². The van der Waals surface area contributed by atoms with Crippen LogP contribution in [0.4, 0.5) is 5.13 Å². The lowest BCUT2D eigenvalue weighted by molar-refractivity contribution is 0.0986. The topological polar surface area (TPSA) is 79.8 Å². The van der Waals surface area contributed by atoms with Crippen LogP contribution in [0.5, 0.6) is 5.75 Å². The number of aryl methyl sites for hydroxylation is 1. The van der Waals surface area contributed by atoms with Gasteiger partial charge in [-0.3, -0.25) is 9.69 Å². The lowest BCUT2D eigenvalue weighted by atomic mass is 10.2. The third-order valence-corrected chi connectivity index (χ3v) is 8.18. The first-order valence-corrected chi connectivity index (χ1v) is 12.9. The summed E-state index contributed by atoms with van der Waals surface area (Å²) in [4.78, 5) is 22.2. The van der Waals surface area contributed by atoms with E-state index in [0.29, 0.717) is 23.0 Å². The number of carbonyl (C=O) groups is 1. The molecule has 1 aromatic heterocycles. The average Bonchev–Trinajstić information content (AvgIpc) is 3.22. The highest BCUT2D eigenvalue weighted by Crippen LogP contribution is 2.37. The number of thiazole rings is 1. The van der Waals surface area contributed by atoms with E-state index in [9.17, 15) is 13.2 Å². The van der Waals surface area contributed by atoms with Gasteiger partial charge in [-0.1, -0.05) is 24.3 Å². The number of ether oxygens (including phenoxy) is 1. The Bertz CT molecular complexity index is 1210.